The van der Waals surface area contributed by atoms with Gasteiger partial charge in [-0.05, 0) is 24.7 Å². The molecule has 2 aromatic rings. The molecule has 0 radical (unpaired) electrons. The number of methoxy groups -OCH3 is 1. The van der Waals surface area contributed by atoms with Gasteiger partial charge in [-0.15, -0.1) is 5.10 Å². The number of nitrogens with zero attached hydrogens (tertiary/aromatic N) is 4. The quantitative estimate of drug-likeness (QED) is 0.812. The maximum atomic E-state index is 5.49. The fourth-order valence-electron chi connectivity index (χ4n) is 2.07. The summed E-state index contributed by atoms with van der Waals surface area (Å²) in [5, 5.41) is 8.17. The second kappa shape index (κ2) is 7.02. The third kappa shape index (κ3) is 4.04. The highest BCUT2D eigenvalue weighted by Crippen LogP contribution is 2.14. The number of hydrogen-bond donors (Lipinski definition) is 1. The molecule has 1 aromatic heterocycles. The van der Waals surface area contributed by atoms with Gasteiger partial charge in [0, 0.05) is 25.8 Å². The minimum absolute atomic E-state index is 0.572. The van der Waals surface area contributed by atoms with Crippen LogP contribution in [0.2, 0.25) is 0 Å². The van der Waals surface area contributed by atoms with Gasteiger partial charge in [-0.3, -0.25) is 9.58 Å². The number of nitrogens with two attached hydrogens (primary N) is 1. The second-order valence-electron chi connectivity index (χ2n) is 4.79. The van der Waals surface area contributed by atoms with Gasteiger partial charge in [-0.25, -0.2) is 0 Å². The van der Waals surface area contributed by atoms with Crippen LogP contribution < -0.4 is 10.5 Å². The van der Waals surface area contributed by atoms with Crippen molar-refractivity contribution in [3.63, 3.8) is 0 Å². The molecule has 108 valence electrons. The molecule has 0 bridgehead atoms. The summed E-state index contributed by atoms with van der Waals surface area (Å²) in [6, 6.07) is 8.08. The zero-order valence-corrected chi connectivity index (χ0v) is 12.0. The Kier molecular flexibility index (Phi) is 5.09. The van der Waals surface area contributed by atoms with Crippen molar-refractivity contribution in [3.8, 4) is 5.75 Å². The minimum Gasteiger partial charge on any atom is -0.497 e. The zero-order chi connectivity index (χ0) is 14.4. The van der Waals surface area contributed by atoms with Crippen LogP contribution in [0.15, 0.2) is 30.5 Å². The van der Waals surface area contributed by atoms with Gasteiger partial charge in [0.25, 0.3) is 0 Å². The molecule has 0 aliphatic heterocycles. The van der Waals surface area contributed by atoms with Crippen LogP contribution in [0, 0.1) is 0 Å². The van der Waals surface area contributed by atoms with Gasteiger partial charge in [0.1, 0.15) is 5.75 Å². The van der Waals surface area contributed by atoms with E-state index >= 15 is 0 Å². The zero-order valence-electron chi connectivity index (χ0n) is 12.0. The molecule has 0 unspecified atom stereocenters. The molecule has 0 fully saturated rings. The number of aromatic nitrogens is 3. The van der Waals surface area contributed by atoms with Crippen LogP contribution in [0.25, 0.3) is 0 Å². The molecule has 0 atom stereocenters. The molecule has 1 heterocycles. The summed E-state index contributed by atoms with van der Waals surface area (Å²) in [6.07, 6.45) is 1.94. The smallest absolute Gasteiger partial charge is 0.119 e. The first kappa shape index (κ1) is 14.5. The van der Waals surface area contributed by atoms with Crippen molar-refractivity contribution in [1.82, 2.24) is 19.9 Å². The van der Waals surface area contributed by atoms with Gasteiger partial charge in [0.05, 0.1) is 19.3 Å². The summed E-state index contributed by atoms with van der Waals surface area (Å²) in [6.45, 7) is 2.86. The Hall–Kier alpha value is -1.92. The fraction of sp³-hybridized carbons (Fsp3) is 0.429. The van der Waals surface area contributed by atoms with Gasteiger partial charge < -0.3 is 10.5 Å². The van der Waals surface area contributed by atoms with Gasteiger partial charge in [-0.1, -0.05) is 17.3 Å². The van der Waals surface area contributed by atoms with Crippen molar-refractivity contribution in [1.29, 1.82) is 0 Å². The van der Waals surface area contributed by atoms with Gasteiger partial charge >= 0.3 is 0 Å². The maximum Gasteiger partial charge on any atom is 0.119 e. The highest BCUT2D eigenvalue weighted by molar-refractivity contribution is 5.28. The molecular formula is C14H21N5O. The Labute approximate surface area is 119 Å². The molecule has 0 aliphatic rings. The summed E-state index contributed by atoms with van der Waals surface area (Å²) in [7, 11) is 3.74. The van der Waals surface area contributed by atoms with Crippen LogP contribution >= 0.6 is 0 Å². The summed E-state index contributed by atoms with van der Waals surface area (Å²) in [5.41, 5.74) is 7.65. The largest absolute Gasteiger partial charge is 0.497 e. The summed E-state index contributed by atoms with van der Waals surface area (Å²) in [4.78, 5) is 2.19. The normalized spacial score (nSPS) is 11.0. The monoisotopic (exact) mass is 275 g/mol. The lowest BCUT2D eigenvalue weighted by atomic mass is 10.2. The van der Waals surface area contributed by atoms with E-state index in [1.807, 2.05) is 24.4 Å². The van der Waals surface area contributed by atoms with Crippen LogP contribution in [0.1, 0.15) is 11.3 Å². The van der Waals surface area contributed by atoms with E-state index in [1.54, 1.807) is 11.8 Å². The van der Waals surface area contributed by atoms with E-state index in [0.717, 1.165) is 24.5 Å². The predicted molar refractivity (Wildman–Crippen MR) is 77.2 cm³/mol. The molecule has 0 aliphatic carbocycles. The lowest BCUT2D eigenvalue weighted by Crippen LogP contribution is -2.17. The lowest BCUT2D eigenvalue weighted by Gasteiger charge is -2.15. The van der Waals surface area contributed by atoms with E-state index < -0.39 is 0 Å². The number of hydrogen-bond acceptors (Lipinski definition) is 5. The summed E-state index contributed by atoms with van der Waals surface area (Å²) < 4.78 is 7.00. The highest BCUT2D eigenvalue weighted by Gasteiger charge is 2.06. The van der Waals surface area contributed by atoms with Gasteiger partial charge in [-0.2, -0.15) is 0 Å². The van der Waals surface area contributed by atoms with Crippen molar-refractivity contribution in [2.24, 2.45) is 5.73 Å². The molecule has 6 nitrogen and oxygen atoms in total. The van der Waals surface area contributed by atoms with E-state index in [1.165, 1.54) is 5.56 Å². The van der Waals surface area contributed by atoms with E-state index in [-0.39, 0.29) is 0 Å². The molecule has 0 saturated heterocycles. The van der Waals surface area contributed by atoms with Crippen LogP contribution in [-0.4, -0.2) is 40.6 Å². The Morgan fingerprint density at radius 1 is 1.35 bits per heavy atom. The topological polar surface area (TPSA) is 69.2 Å². The fourth-order valence-corrected chi connectivity index (χ4v) is 2.07. The standard InChI is InChI=1S/C14H21N5O/c1-18(9-12-4-3-5-14(8-12)20-2)10-13-11-19(7-6-15)17-16-13/h3-5,8,11H,6-7,9-10,15H2,1-2H3. The summed E-state index contributed by atoms with van der Waals surface area (Å²) >= 11 is 0. The third-order valence-electron chi connectivity index (χ3n) is 2.96. The van der Waals surface area contributed by atoms with Crippen LogP contribution in [0.4, 0.5) is 0 Å². The molecular weight excluding hydrogens is 254 g/mol. The van der Waals surface area contributed by atoms with E-state index in [2.05, 4.69) is 28.3 Å². The van der Waals surface area contributed by atoms with Crippen molar-refractivity contribution in [3.05, 3.63) is 41.7 Å². The molecule has 0 amide bonds. The Bertz CT molecular complexity index is 540. The second-order valence-corrected chi connectivity index (χ2v) is 4.79. The van der Waals surface area contributed by atoms with Crippen molar-refractivity contribution < 1.29 is 4.74 Å². The number of benzene rings is 1. The minimum atomic E-state index is 0.572. The first-order valence-electron chi connectivity index (χ1n) is 6.62. The SMILES string of the molecule is COc1cccc(CN(C)Cc2cn(CCN)nn2)c1. The lowest BCUT2D eigenvalue weighted by molar-refractivity contribution is 0.314. The van der Waals surface area contributed by atoms with Crippen LogP contribution in [-0.2, 0) is 19.6 Å². The Balaban J connectivity index is 1.92. The van der Waals surface area contributed by atoms with E-state index in [4.69, 9.17) is 10.5 Å². The molecule has 6 heteroatoms. The first-order chi connectivity index (χ1) is 9.71. The number of ether oxygens (including phenoxy) is 1. The predicted octanol–water partition coefficient (Wildman–Crippen LogP) is 0.877. The van der Waals surface area contributed by atoms with E-state index in [9.17, 15) is 0 Å². The highest BCUT2D eigenvalue weighted by atomic mass is 16.5. The molecule has 0 spiro atoms. The van der Waals surface area contributed by atoms with E-state index in [0.29, 0.717) is 13.1 Å². The maximum absolute atomic E-state index is 5.49. The van der Waals surface area contributed by atoms with Gasteiger partial charge in [0.15, 0.2) is 0 Å². The average Bonchev–Trinajstić information content (AvgIpc) is 2.86. The van der Waals surface area contributed by atoms with Crippen molar-refractivity contribution in [2.75, 3.05) is 20.7 Å². The average molecular weight is 275 g/mol. The first-order valence-corrected chi connectivity index (χ1v) is 6.62. The molecule has 1 aromatic carbocycles. The Morgan fingerprint density at radius 2 is 2.20 bits per heavy atom. The third-order valence-corrected chi connectivity index (χ3v) is 2.96. The number of rotatable bonds is 7. The van der Waals surface area contributed by atoms with Crippen molar-refractivity contribution >= 4 is 0 Å². The molecule has 20 heavy (non-hydrogen) atoms. The van der Waals surface area contributed by atoms with Gasteiger partial charge in [0.2, 0.25) is 0 Å². The van der Waals surface area contributed by atoms with Crippen LogP contribution in [0.3, 0.4) is 0 Å². The van der Waals surface area contributed by atoms with Crippen LogP contribution in [0.5, 0.6) is 5.75 Å². The molecule has 2 N–H and O–H groups in total. The van der Waals surface area contributed by atoms with Crippen molar-refractivity contribution in [2.45, 2.75) is 19.6 Å². The molecule has 2 rings (SSSR count). The summed E-state index contributed by atoms with van der Waals surface area (Å²) in [5.74, 6) is 0.879. The Morgan fingerprint density at radius 3 is 2.95 bits per heavy atom. The molecule has 0 saturated carbocycles.